The Morgan fingerprint density at radius 3 is 2.25 bits per heavy atom. The van der Waals surface area contributed by atoms with Crippen molar-refractivity contribution in [2.75, 3.05) is 59.2 Å². The lowest BCUT2D eigenvalue weighted by molar-refractivity contribution is -0.757. The van der Waals surface area contributed by atoms with Crippen LogP contribution in [0.5, 0.6) is 0 Å². The van der Waals surface area contributed by atoms with E-state index in [0.29, 0.717) is 19.4 Å². The van der Waals surface area contributed by atoms with E-state index < -0.39 is 11.1 Å². The number of esters is 1. The van der Waals surface area contributed by atoms with Crippen LogP contribution in [0.1, 0.15) is 30.0 Å². The molecule has 1 aliphatic rings. The van der Waals surface area contributed by atoms with Crippen molar-refractivity contribution < 1.29 is 24.2 Å². The molecule has 0 saturated carbocycles. The Kier molecular flexibility index (Phi) is 13.5. The lowest BCUT2D eigenvalue weighted by Crippen LogP contribution is -2.48. The van der Waals surface area contributed by atoms with E-state index in [4.69, 9.17) is 21.1 Å². The van der Waals surface area contributed by atoms with Crippen LogP contribution in [0, 0.1) is 10.1 Å². The second-order valence-electron chi connectivity index (χ2n) is 8.28. The maximum Gasteiger partial charge on any atom is 0.332 e. The van der Waals surface area contributed by atoms with Crippen LogP contribution < -0.4 is 0 Å². The number of unbranched alkanes of at least 4 members (excludes halogenated alkanes) is 1. The van der Waals surface area contributed by atoms with E-state index in [1.54, 1.807) is 0 Å². The average Bonchev–Trinajstić information content (AvgIpc) is 2.87. The first-order valence-corrected chi connectivity index (χ1v) is 12.2. The van der Waals surface area contributed by atoms with Gasteiger partial charge in [0, 0.05) is 37.7 Å². The number of piperazine rings is 1. The molecule has 1 atom stereocenters. The van der Waals surface area contributed by atoms with Gasteiger partial charge < -0.3 is 14.3 Å². The first-order valence-electron chi connectivity index (χ1n) is 11.8. The smallest absolute Gasteiger partial charge is 0.332 e. The Labute approximate surface area is 222 Å². The third kappa shape index (κ3) is 10.3. The molecule has 0 radical (unpaired) electrons. The highest BCUT2D eigenvalue weighted by Crippen LogP contribution is 2.30. The summed E-state index contributed by atoms with van der Waals surface area (Å²) in [7, 11) is 0. The van der Waals surface area contributed by atoms with Crippen molar-refractivity contribution >= 4 is 30.0 Å². The largest absolute Gasteiger partial charge is 0.464 e. The number of nitrogens with zero attached hydrogens (tertiary/aromatic N) is 3. The molecule has 3 rings (SSSR count). The molecule has 0 spiro atoms. The lowest BCUT2D eigenvalue weighted by Gasteiger charge is -2.39. The molecule has 2 aromatic carbocycles. The molecule has 0 N–H and O–H groups in total. The highest BCUT2D eigenvalue weighted by Gasteiger charge is 2.26. The standard InChI is InChI=1S/C25H32ClN3O6.ClH/c26-23-10-8-22(9-11-23)25(21-6-2-1-3-7-21)28-14-12-27(13-15-28)16-19-33-20-24(30)34-17-4-5-18-35-29(31)32;/h1-3,6-11,25H,4-5,12-20H2;1H. The summed E-state index contributed by atoms with van der Waals surface area (Å²) in [6.07, 6.45) is 0.952. The Morgan fingerprint density at radius 2 is 1.58 bits per heavy atom. The molecule has 198 valence electrons. The Morgan fingerprint density at radius 1 is 0.944 bits per heavy atom. The predicted octanol–water partition coefficient (Wildman–Crippen LogP) is 4.02. The maximum absolute atomic E-state index is 11.7. The minimum Gasteiger partial charge on any atom is -0.464 e. The number of ether oxygens (including phenoxy) is 2. The van der Waals surface area contributed by atoms with Crippen molar-refractivity contribution in [1.29, 1.82) is 0 Å². The van der Waals surface area contributed by atoms with Crippen molar-refractivity contribution in [2.24, 2.45) is 0 Å². The van der Waals surface area contributed by atoms with E-state index >= 15 is 0 Å². The van der Waals surface area contributed by atoms with E-state index in [2.05, 4.69) is 51.0 Å². The summed E-state index contributed by atoms with van der Waals surface area (Å²) in [6, 6.07) is 18.8. The van der Waals surface area contributed by atoms with Gasteiger partial charge in [0.05, 0.1) is 25.9 Å². The zero-order valence-electron chi connectivity index (χ0n) is 20.1. The van der Waals surface area contributed by atoms with E-state index in [-0.39, 0.29) is 38.3 Å². The minimum atomic E-state index is -0.832. The Hall–Kier alpha value is -2.43. The first kappa shape index (κ1) is 29.8. The Balaban J connectivity index is 0.00000456. The van der Waals surface area contributed by atoms with Gasteiger partial charge in [0.25, 0.3) is 5.09 Å². The summed E-state index contributed by atoms with van der Waals surface area (Å²) in [4.78, 5) is 30.8. The molecular weight excluding hydrogens is 509 g/mol. The maximum atomic E-state index is 11.7. The molecule has 0 aromatic heterocycles. The zero-order valence-corrected chi connectivity index (χ0v) is 21.7. The van der Waals surface area contributed by atoms with Gasteiger partial charge in [0.1, 0.15) is 6.61 Å². The van der Waals surface area contributed by atoms with Crippen LogP contribution in [0.3, 0.4) is 0 Å². The second-order valence-corrected chi connectivity index (χ2v) is 8.72. The SMILES string of the molecule is Cl.O=C(COCCN1CCN(C(c2ccccc2)c2ccc(Cl)cc2)CC1)OCCCCO[N+](=O)[O-]. The van der Waals surface area contributed by atoms with Gasteiger partial charge in [-0.3, -0.25) is 9.80 Å². The lowest BCUT2D eigenvalue weighted by atomic mass is 9.96. The number of hydrogen-bond acceptors (Lipinski definition) is 8. The van der Waals surface area contributed by atoms with Gasteiger partial charge in [-0.2, -0.15) is 0 Å². The average molecular weight is 542 g/mol. The van der Waals surface area contributed by atoms with Crippen LogP contribution >= 0.6 is 24.0 Å². The molecule has 11 heteroatoms. The molecule has 36 heavy (non-hydrogen) atoms. The third-order valence-electron chi connectivity index (χ3n) is 5.84. The minimum absolute atomic E-state index is 0. The van der Waals surface area contributed by atoms with Crippen LogP contribution in [0.2, 0.25) is 5.02 Å². The number of rotatable bonds is 14. The van der Waals surface area contributed by atoms with E-state index in [9.17, 15) is 14.9 Å². The van der Waals surface area contributed by atoms with Gasteiger partial charge in [-0.05, 0) is 36.1 Å². The van der Waals surface area contributed by atoms with Crippen molar-refractivity contribution in [3.05, 3.63) is 80.9 Å². The van der Waals surface area contributed by atoms with Crippen molar-refractivity contribution in [3.63, 3.8) is 0 Å². The molecule has 9 nitrogen and oxygen atoms in total. The summed E-state index contributed by atoms with van der Waals surface area (Å²) in [5.74, 6) is -0.432. The number of carbonyl (C=O) groups excluding carboxylic acids is 1. The molecular formula is C25H33Cl2N3O6. The van der Waals surface area contributed by atoms with E-state index in [1.165, 1.54) is 11.1 Å². The van der Waals surface area contributed by atoms with Crippen LogP contribution in [0.15, 0.2) is 54.6 Å². The van der Waals surface area contributed by atoms with Gasteiger partial charge in [-0.1, -0.05) is 54.1 Å². The zero-order chi connectivity index (χ0) is 24.9. The molecule has 2 aromatic rings. The number of hydrogen-bond donors (Lipinski definition) is 0. The van der Waals surface area contributed by atoms with Crippen LogP contribution in [-0.2, 0) is 19.1 Å². The fraction of sp³-hybridized carbons (Fsp3) is 0.480. The van der Waals surface area contributed by atoms with Gasteiger partial charge in [-0.25, -0.2) is 4.79 Å². The number of carbonyl (C=O) groups is 1. The molecule has 0 bridgehead atoms. The van der Waals surface area contributed by atoms with E-state index in [0.717, 1.165) is 37.7 Å². The first-order chi connectivity index (χ1) is 17.0. The van der Waals surface area contributed by atoms with Crippen LogP contribution in [0.4, 0.5) is 0 Å². The molecule has 0 aliphatic carbocycles. The fourth-order valence-electron chi connectivity index (χ4n) is 4.06. The summed E-state index contributed by atoms with van der Waals surface area (Å²) in [5.41, 5.74) is 2.48. The molecule has 1 saturated heterocycles. The highest BCUT2D eigenvalue weighted by molar-refractivity contribution is 6.30. The summed E-state index contributed by atoms with van der Waals surface area (Å²) < 4.78 is 10.5. The molecule has 1 aliphatic heterocycles. The van der Waals surface area contributed by atoms with E-state index in [1.807, 2.05) is 18.2 Å². The Bertz CT molecular complexity index is 912. The van der Waals surface area contributed by atoms with Gasteiger partial charge in [0.2, 0.25) is 0 Å². The topological polar surface area (TPSA) is 94.4 Å². The van der Waals surface area contributed by atoms with Crippen LogP contribution in [0.25, 0.3) is 0 Å². The van der Waals surface area contributed by atoms with Gasteiger partial charge in [0.15, 0.2) is 0 Å². The summed E-state index contributed by atoms with van der Waals surface area (Å²) >= 11 is 6.11. The third-order valence-corrected chi connectivity index (χ3v) is 6.10. The molecule has 1 fully saturated rings. The number of halogens is 2. The van der Waals surface area contributed by atoms with Crippen molar-refractivity contribution in [2.45, 2.75) is 18.9 Å². The van der Waals surface area contributed by atoms with Crippen molar-refractivity contribution in [1.82, 2.24) is 9.80 Å². The van der Waals surface area contributed by atoms with Gasteiger partial charge >= 0.3 is 5.97 Å². The summed E-state index contributed by atoms with van der Waals surface area (Å²) in [6.45, 7) is 4.96. The number of benzene rings is 2. The predicted molar refractivity (Wildman–Crippen MR) is 139 cm³/mol. The fourth-order valence-corrected chi connectivity index (χ4v) is 4.19. The monoisotopic (exact) mass is 541 g/mol. The molecule has 0 amide bonds. The van der Waals surface area contributed by atoms with Gasteiger partial charge in [-0.15, -0.1) is 22.5 Å². The molecule has 1 unspecified atom stereocenters. The highest BCUT2D eigenvalue weighted by atomic mass is 35.5. The quantitative estimate of drug-likeness (QED) is 0.153. The van der Waals surface area contributed by atoms with Crippen LogP contribution in [-0.4, -0.2) is 80.0 Å². The summed E-state index contributed by atoms with van der Waals surface area (Å²) in [5, 5.41) is 9.95. The molecule has 1 heterocycles. The van der Waals surface area contributed by atoms with Crippen molar-refractivity contribution in [3.8, 4) is 0 Å². The second kappa shape index (κ2) is 16.3. The normalized spacial score (nSPS) is 15.0.